The maximum atomic E-state index is 3.50. The van der Waals surface area contributed by atoms with Gasteiger partial charge < -0.3 is 5.32 Å². The summed E-state index contributed by atoms with van der Waals surface area (Å²) in [6.45, 7) is 12.5. The Balaban J connectivity index is 1.96. The quantitative estimate of drug-likeness (QED) is 0.877. The van der Waals surface area contributed by atoms with Crippen molar-refractivity contribution in [3.05, 3.63) is 21.4 Å². The Morgan fingerprint density at radius 1 is 1.50 bits per heavy atom. The molecule has 2 nitrogen and oxygen atoms in total. The van der Waals surface area contributed by atoms with Gasteiger partial charge in [-0.05, 0) is 44.9 Å². The van der Waals surface area contributed by atoms with E-state index in [0.717, 1.165) is 19.1 Å². The largest absolute Gasteiger partial charge is 0.310 e. The molecule has 0 amide bonds. The number of aryl methyl sites for hydroxylation is 1. The SMILES string of the molecule is Cc1sc(CNC(C)C)cc1CN1CCCC1C. The van der Waals surface area contributed by atoms with E-state index >= 15 is 0 Å². The van der Waals surface area contributed by atoms with Crippen molar-refractivity contribution in [1.29, 1.82) is 0 Å². The second-order valence-corrected chi connectivity index (χ2v) is 7.13. The summed E-state index contributed by atoms with van der Waals surface area (Å²) < 4.78 is 0. The molecule has 2 heterocycles. The van der Waals surface area contributed by atoms with Crippen molar-refractivity contribution in [2.45, 2.75) is 65.7 Å². The highest BCUT2D eigenvalue weighted by Gasteiger charge is 2.21. The summed E-state index contributed by atoms with van der Waals surface area (Å²) in [6, 6.07) is 3.73. The van der Waals surface area contributed by atoms with Crippen molar-refractivity contribution in [3.63, 3.8) is 0 Å². The fourth-order valence-electron chi connectivity index (χ4n) is 2.58. The van der Waals surface area contributed by atoms with Gasteiger partial charge in [0.1, 0.15) is 0 Å². The van der Waals surface area contributed by atoms with Crippen LogP contribution in [0.5, 0.6) is 0 Å². The van der Waals surface area contributed by atoms with Gasteiger partial charge in [0, 0.05) is 34.9 Å². The van der Waals surface area contributed by atoms with Gasteiger partial charge >= 0.3 is 0 Å². The Hall–Kier alpha value is -0.380. The summed E-state index contributed by atoms with van der Waals surface area (Å²) in [6.07, 6.45) is 2.73. The van der Waals surface area contributed by atoms with Gasteiger partial charge in [-0.15, -0.1) is 11.3 Å². The van der Waals surface area contributed by atoms with E-state index in [2.05, 4.69) is 44.0 Å². The predicted molar refractivity (Wildman–Crippen MR) is 80.1 cm³/mol. The topological polar surface area (TPSA) is 15.3 Å². The van der Waals surface area contributed by atoms with E-state index in [1.165, 1.54) is 34.7 Å². The standard InChI is InChI=1S/C15H26N2S/c1-11(2)16-9-15-8-14(13(4)18-15)10-17-7-5-6-12(17)3/h8,11-12,16H,5-7,9-10H2,1-4H3. The van der Waals surface area contributed by atoms with Gasteiger partial charge in [0.2, 0.25) is 0 Å². The molecule has 3 heteroatoms. The third-order valence-electron chi connectivity index (χ3n) is 3.82. The zero-order valence-electron chi connectivity index (χ0n) is 12.1. The molecule has 1 saturated heterocycles. The number of nitrogens with zero attached hydrogens (tertiary/aromatic N) is 1. The first-order chi connectivity index (χ1) is 8.56. The van der Waals surface area contributed by atoms with E-state index in [1.54, 1.807) is 0 Å². The van der Waals surface area contributed by atoms with Crippen LogP contribution >= 0.6 is 11.3 Å². The van der Waals surface area contributed by atoms with Crippen LogP contribution in [0, 0.1) is 6.92 Å². The number of thiophene rings is 1. The molecular weight excluding hydrogens is 240 g/mol. The van der Waals surface area contributed by atoms with Gasteiger partial charge in [0.05, 0.1) is 0 Å². The lowest BCUT2D eigenvalue weighted by molar-refractivity contribution is 0.260. The molecule has 0 aromatic carbocycles. The van der Waals surface area contributed by atoms with E-state index < -0.39 is 0 Å². The fourth-order valence-corrected chi connectivity index (χ4v) is 3.59. The maximum Gasteiger partial charge on any atom is 0.0302 e. The van der Waals surface area contributed by atoms with Gasteiger partial charge in [-0.2, -0.15) is 0 Å². The Bertz CT molecular complexity index is 384. The minimum absolute atomic E-state index is 0.564. The first-order valence-corrected chi connectivity index (χ1v) is 7.93. The molecule has 1 fully saturated rings. The molecule has 1 unspecified atom stereocenters. The fraction of sp³-hybridized carbons (Fsp3) is 0.733. The predicted octanol–water partition coefficient (Wildman–Crippen LogP) is 3.54. The summed E-state index contributed by atoms with van der Waals surface area (Å²) in [4.78, 5) is 5.59. The lowest BCUT2D eigenvalue weighted by Crippen LogP contribution is -2.26. The zero-order chi connectivity index (χ0) is 13.1. The Morgan fingerprint density at radius 3 is 2.89 bits per heavy atom. The van der Waals surface area contributed by atoms with E-state index in [4.69, 9.17) is 0 Å². The molecule has 1 atom stereocenters. The molecule has 1 N–H and O–H groups in total. The Morgan fingerprint density at radius 2 is 2.28 bits per heavy atom. The summed E-state index contributed by atoms with van der Waals surface area (Å²) in [5, 5.41) is 3.50. The molecule has 0 bridgehead atoms. The van der Waals surface area contributed by atoms with Gasteiger partial charge in [-0.1, -0.05) is 13.8 Å². The van der Waals surface area contributed by atoms with Crippen LogP contribution in [0.2, 0.25) is 0 Å². The molecular formula is C15H26N2S. The van der Waals surface area contributed by atoms with Crippen LogP contribution in [-0.4, -0.2) is 23.5 Å². The summed E-state index contributed by atoms with van der Waals surface area (Å²) >= 11 is 1.95. The van der Waals surface area contributed by atoms with Crippen molar-refractivity contribution < 1.29 is 0 Å². The van der Waals surface area contributed by atoms with Gasteiger partial charge in [-0.3, -0.25) is 4.90 Å². The van der Waals surface area contributed by atoms with Crippen LogP contribution in [0.3, 0.4) is 0 Å². The molecule has 102 valence electrons. The number of nitrogens with one attached hydrogen (secondary N) is 1. The van der Waals surface area contributed by atoms with Crippen LogP contribution in [-0.2, 0) is 13.1 Å². The van der Waals surface area contributed by atoms with Crippen LogP contribution in [0.4, 0.5) is 0 Å². The number of hydrogen-bond donors (Lipinski definition) is 1. The molecule has 18 heavy (non-hydrogen) atoms. The highest BCUT2D eigenvalue weighted by atomic mass is 32.1. The molecule has 1 aliphatic rings. The molecule has 2 rings (SSSR count). The second-order valence-electron chi connectivity index (χ2n) is 5.79. The molecule has 1 aromatic heterocycles. The van der Waals surface area contributed by atoms with Gasteiger partial charge in [-0.25, -0.2) is 0 Å². The monoisotopic (exact) mass is 266 g/mol. The van der Waals surface area contributed by atoms with Crippen LogP contribution in [0.15, 0.2) is 6.07 Å². The average Bonchev–Trinajstić information content (AvgIpc) is 2.85. The van der Waals surface area contributed by atoms with Crippen LogP contribution < -0.4 is 5.32 Å². The van der Waals surface area contributed by atoms with Gasteiger partial charge in [0.15, 0.2) is 0 Å². The smallest absolute Gasteiger partial charge is 0.0302 e. The van der Waals surface area contributed by atoms with Gasteiger partial charge in [0.25, 0.3) is 0 Å². The molecule has 1 aliphatic heterocycles. The van der Waals surface area contributed by atoms with Crippen molar-refractivity contribution in [2.24, 2.45) is 0 Å². The normalized spacial score (nSPS) is 21.1. The molecule has 0 saturated carbocycles. The van der Waals surface area contributed by atoms with Crippen LogP contribution in [0.1, 0.15) is 48.9 Å². The van der Waals surface area contributed by atoms with E-state index in [1.807, 2.05) is 11.3 Å². The number of likely N-dealkylation sites (tertiary alicyclic amines) is 1. The second kappa shape index (κ2) is 6.18. The van der Waals surface area contributed by atoms with E-state index in [9.17, 15) is 0 Å². The molecule has 0 spiro atoms. The molecule has 0 aliphatic carbocycles. The maximum absolute atomic E-state index is 3.50. The number of rotatable bonds is 5. The third kappa shape index (κ3) is 3.56. The van der Waals surface area contributed by atoms with Crippen LogP contribution in [0.25, 0.3) is 0 Å². The minimum Gasteiger partial charge on any atom is -0.310 e. The number of hydrogen-bond acceptors (Lipinski definition) is 3. The molecule has 1 aromatic rings. The lowest BCUT2D eigenvalue weighted by Gasteiger charge is -2.20. The zero-order valence-corrected chi connectivity index (χ0v) is 12.9. The third-order valence-corrected chi connectivity index (χ3v) is 4.91. The first kappa shape index (κ1) is 14.0. The van der Waals surface area contributed by atoms with E-state index in [-0.39, 0.29) is 0 Å². The lowest BCUT2D eigenvalue weighted by atomic mass is 10.2. The van der Waals surface area contributed by atoms with E-state index in [0.29, 0.717) is 6.04 Å². The highest BCUT2D eigenvalue weighted by Crippen LogP contribution is 2.26. The van der Waals surface area contributed by atoms with Crippen molar-refractivity contribution in [3.8, 4) is 0 Å². The average molecular weight is 266 g/mol. The summed E-state index contributed by atoms with van der Waals surface area (Å²) in [7, 11) is 0. The van der Waals surface area contributed by atoms with Crippen molar-refractivity contribution in [2.75, 3.05) is 6.54 Å². The molecule has 0 radical (unpaired) electrons. The summed E-state index contributed by atoms with van der Waals surface area (Å²) in [5.41, 5.74) is 1.54. The van der Waals surface area contributed by atoms with Crippen molar-refractivity contribution >= 4 is 11.3 Å². The first-order valence-electron chi connectivity index (χ1n) is 7.12. The summed E-state index contributed by atoms with van der Waals surface area (Å²) in [5.74, 6) is 0. The Kier molecular flexibility index (Phi) is 4.82. The highest BCUT2D eigenvalue weighted by molar-refractivity contribution is 7.12. The minimum atomic E-state index is 0.564. The van der Waals surface area contributed by atoms with Crippen molar-refractivity contribution in [1.82, 2.24) is 10.2 Å². The Labute approximate surface area is 115 Å².